The molecule has 2 aromatic rings. The summed E-state index contributed by atoms with van der Waals surface area (Å²) in [5.74, 6) is 0. The molecule has 0 amide bonds. The number of hydrogen-bond donors (Lipinski definition) is 1. The second kappa shape index (κ2) is 5.83. The van der Waals surface area contributed by atoms with E-state index in [1.165, 1.54) is 19.2 Å². The summed E-state index contributed by atoms with van der Waals surface area (Å²) < 4.78 is 38.5. The predicted molar refractivity (Wildman–Crippen MR) is 72.5 cm³/mol. The Balaban J connectivity index is 2.20. The molecule has 0 spiro atoms. The second-order valence-electron chi connectivity index (χ2n) is 4.50. The van der Waals surface area contributed by atoms with Crippen molar-refractivity contribution in [3.8, 4) is 6.07 Å². The van der Waals surface area contributed by atoms with Gasteiger partial charge in [-0.2, -0.15) is 18.4 Å². The van der Waals surface area contributed by atoms with E-state index >= 15 is 0 Å². The summed E-state index contributed by atoms with van der Waals surface area (Å²) in [6.45, 7) is 1.65. The first-order valence-electron chi connectivity index (χ1n) is 6.17. The monoisotopic (exact) mass is 291 g/mol. The van der Waals surface area contributed by atoms with Crippen LogP contribution in [0.4, 0.5) is 18.9 Å². The summed E-state index contributed by atoms with van der Waals surface area (Å²) in [4.78, 5) is 3.90. The van der Waals surface area contributed by atoms with Gasteiger partial charge in [0.25, 0.3) is 0 Å². The Morgan fingerprint density at radius 3 is 2.71 bits per heavy atom. The van der Waals surface area contributed by atoms with Crippen molar-refractivity contribution < 1.29 is 13.2 Å². The number of pyridine rings is 1. The molecule has 108 valence electrons. The Labute approximate surface area is 120 Å². The van der Waals surface area contributed by atoms with Gasteiger partial charge in [0.05, 0.1) is 5.56 Å². The van der Waals surface area contributed by atoms with Crippen molar-refractivity contribution in [2.75, 3.05) is 5.32 Å². The molecule has 0 aliphatic rings. The molecule has 0 saturated carbocycles. The zero-order valence-electron chi connectivity index (χ0n) is 11.2. The SMILES string of the molecule is Cc1ccc(NCc2cccnc2C#N)cc1C(F)(F)F. The van der Waals surface area contributed by atoms with Crippen LogP contribution in [0.3, 0.4) is 0 Å². The average Bonchev–Trinajstić information content (AvgIpc) is 2.45. The van der Waals surface area contributed by atoms with Crippen LogP contribution >= 0.6 is 0 Å². The van der Waals surface area contributed by atoms with Gasteiger partial charge in [0, 0.05) is 24.0 Å². The smallest absolute Gasteiger partial charge is 0.381 e. The van der Waals surface area contributed by atoms with E-state index in [1.807, 2.05) is 6.07 Å². The summed E-state index contributed by atoms with van der Waals surface area (Å²) in [6, 6.07) is 9.39. The van der Waals surface area contributed by atoms with Crippen molar-refractivity contribution in [3.63, 3.8) is 0 Å². The van der Waals surface area contributed by atoms with E-state index in [0.29, 0.717) is 11.3 Å². The van der Waals surface area contributed by atoms with Gasteiger partial charge in [0.15, 0.2) is 0 Å². The van der Waals surface area contributed by atoms with Gasteiger partial charge in [-0.05, 0) is 30.7 Å². The molecule has 0 radical (unpaired) electrons. The summed E-state index contributed by atoms with van der Waals surface area (Å²) in [6.07, 6.45) is -2.89. The maximum atomic E-state index is 12.8. The fourth-order valence-electron chi connectivity index (χ4n) is 1.92. The summed E-state index contributed by atoms with van der Waals surface area (Å²) in [5.41, 5.74) is 0.745. The summed E-state index contributed by atoms with van der Waals surface area (Å²) in [7, 11) is 0. The van der Waals surface area contributed by atoms with Crippen molar-refractivity contribution in [1.82, 2.24) is 4.98 Å². The minimum Gasteiger partial charge on any atom is -0.381 e. The minimum absolute atomic E-state index is 0.173. The van der Waals surface area contributed by atoms with Crippen molar-refractivity contribution in [3.05, 3.63) is 58.9 Å². The molecular weight excluding hydrogens is 279 g/mol. The van der Waals surface area contributed by atoms with Crippen LogP contribution in [0.5, 0.6) is 0 Å². The Morgan fingerprint density at radius 1 is 1.29 bits per heavy atom. The topological polar surface area (TPSA) is 48.7 Å². The highest BCUT2D eigenvalue weighted by atomic mass is 19.4. The van der Waals surface area contributed by atoms with Crippen LogP contribution < -0.4 is 5.32 Å². The molecule has 3 nitrogen and oxygen atoms in total. The molecule has 0 bridgehead atoms. The molecule has 0 aliphatic carbocycles. The van der Waals surface area contributed by atoms with E-state index in [2.05, 4.69) is 10.3 Å². The molecule has 0 saturated heterocycles. The number of hydrogen-bond acceptors (Lipinski definition) is 3. The first-order chi connectivity index (χ1) is 9.91. The predicted octanol–water partition coefficient (Wildman–Crippen LogP) is 3.89. The Kier molecular flexibility index (Phi) is 4.13. The molecule has 0 unspecified atom stereocenters. The van der Waals surface area contributed by atoms with Gasteiger partial charge < -0.3 is 5.32 Å². The lowest BCUT2D eigenvalue weighted by Gasteiger charge is -2.13. The molecule has 1 aromatic heterocycles. The molecule has 0 aliphatic heterocycles. The van der Waals surface area contributed by atoms with E-state index in [0.717, 1.165) is 6.07 Å². The summed E-state index contributed by atoms with van der Waals surface area (Å²) in [5, 5.41) is 11.8. The molecule has 0 atom stereocenters. The Bertz CT molecular complexity index is 687. The third-order valence-electron chi connectivity index (χ3n) is 3.02. The molecular formula is C15H12F3N3. The van der Waals surface area contributed by atoms with Crippen LogP contribution in [0.2, 0.25) is 0 Å². The highest BCUT2D eigenvalue weighted by Gasteiger charge is 2.32. The van der Waals surface area contributed by atoms with E-state index in [-0.39, 0.29) is 17.8 Å². The fourth-order valence-corrected chi connectivity index (χ4v) is 1.92. The van der Waals surface area contributed by atoms with Gasteiger partial charge in [-0.25, -0.2) is 4.98 Å². The van der Waals surface area contributed by atoms with Crippen LogP contribution in [0.15, 0.2) is 36.5 Å². The minimum atomic E-state index is -4.38. The van der Waals surface area contributed by atoms with Crippen LogP contribution in [-0.2, 0) is 12.7 Å². The lowest BCUT2D eigenvalue weighted by Crippen LogP contribution is -2.09. The lowest BCUT2D eigenvalue weighted by molar-refractivity contribution is -0.138. The van der Waals surface area contributed by atoms with Gasteiger partial charge >= 0.3 is 6.18 Å². The van der Waals surface area contributed by atoms with E-state index in [1.54, 1.807) is 18.2 Å². The third-order valence-corrected chi connectivity index (χ3v) is 3.02. The van der Waals surface area contributed by atoms with Crippen molar-refractivity contribution in [2.24, 2.45) is 0 Å². The van der Waals surface area contributed by atoms with E-state index < -0.39 is 11.7 Å². The number of benzene rings is 1. The molecule has 6 heteroatoms. The number of alkyl halides is 3. The van der Waals surface area contributed by atoms with Crippen molar-refractivity contribution in [2.45, 2.75) is 19.6 Å². The molecule has 1 heterocycles. The molecule has 2 rings (SSSR count). The highest BCUT2D eigenvalue weighted by molar-refractivity contribution is 5.50. The van der Waals surface area contributed by atoms with Gasteiger partial charge in [0.1, 0.15) is 11.8 Å². The number of halogens is 3. The molecule has 21 heavy (non-hydrogen) atoms. The van der Waals surface area contributed by atoms with Gasteiger partial charge in [-0.3, -0.25) is 0 Å². The molecule has 1 N–H and O–H groups in total. The van der Waals surface area contributed by atoms with Crippen LogP contribution in [0, 0.1) is 18.3 Å². The number of aryl methyl sites for hydroxylation is 1. The van der Waals surface area contributed by atoms with E-state index in [4.69, 9.17) is 5.26 Å². The number of anilines is 1. The quantitative estimate of drug-likeness (QED) is 0.933. The van der Waals surface area contributed by atoms with Crippen LogP contribution in [-0.4, -0.2) is 4.98 Å². The van der Waals surface area contributed by atoms with Crippen molar-refractivity contribution in [1.29, 1.82) is 5.26 Å². The van der Waals surface area contributed by atoms with Crippen LogP contribution in [0.1, 0.15) is 22.4 Å². The average molecular weight is 291 g/mol. The first kappa shape index (κ1) is 14.9. The van der Waals surface area contributed by atoms with E-state index in [9.17, 15) is 13.2 Å². The van der Waals surface area contributed by atoms with Gasteiger partial charge in [0.2, 0.25) is 0 Å². The lowest BCUT2D eigenvalue weighted by atomic mass is 10.1. The maximum Gasteiger partial charge on any atom is 0.416 e. The normalized spacial score (nSPS) is 11.0. The Morgan fingerprint density at radius 2 is 2.05 bits per heavy atom. The van der Waals surface area contributed by atoms with Gasteiger partial charge in [-0.1, -0.05) is 12.1 Å². The fraction of sp³-hybridized carbons (Fsp3) is 0.200. The molecule has 1 aromatic carbocycles. The third kappa shape index (κ3) is 3.51. The first-order valence-corrected chi connectivity index (χ1v) is 6.17. The van der Waals surface area contributed by atoms with Crippen LogP contribution in [0.25, 0.3) is 0 Å². The zero-order valence-corrected chi connectivity index (χ0v) is 11.2. The summed E-state index contributed by atoms with van der Waals surface area (Å²) >= 11 is 0. The second-order valence-corrected chi connectivity index (χ2v) is 4.50. The molecule has 0 fully saturated rings. The maximum absolute atomic E-state index is 12.8. The Hall–Kier alpha value is -2.55. The largest absolute Gasteiger partial charge is 0.416 e. The number of rotatable bonds is 3. The number of nitrogens with zero attached hydrogens (tertiary/aromatic N) is 2. The standard InChI is InChI=1S/C15H12F3N3/c1-10-4-5-12(7-13(10)15(16,17)18)21-9-11-3-2-6-20-14(11)8-19/h2-7,21H,9H2,1H3. The highest BCUT2D eigenvalue weighted by Crippen LogP contribution is 2.33. The zero-order chi connectivity index (χ0) is 15.5. The number of nitriles is 1. The van der Waals surface area contributed by atoms with Crippen molar-refractivity contribution >= 4 is 5.69 Å². The number of aromatic nitrogens is 1. The van der Waals surface area contributed by atoms with Gasteiger partial charge in [-0.15, -0.1) is 0 Å². The number of nitrogens with one attached hydrogen (secondary N) is 1.